The van der Waals surface area contributed by atoms with E-state index in [2.05, 4.69) is 15.9 Å². The molecule has 2 aromatic carbocycles. The zero-order chi connectivity index (χ0) is 21.3. The zero-order valence-electron chi connectivity index (χ0n) is 15.8. The quantitative estimate of drug-likeness (QED) is 0.636. The predicted octanol–water partition coefficient (Wildman–Crippen LogP) is 4.97. The summed E-state index contributed by atoms with van der Waals surface area (Å²) in [4.78, 5) is -0.146. The smallest absolute Gasteiger partial charge is 0.408 e. The molecule has 154 valence electrons. The van der Waals surface area contributed by atoms with Crippen LogP contribution in [-0.4, -0.2) is 27.2 Å². The average Bonchev–Trinajstić information content (AvgIpc) is 2.52. The normalized spacial score (nSPS) is 13.4. The van der Waals surface area contributed by atoms with E-state index < -0.39 is 28.8 Å². The highest BCUT2D eigenvalue weighted by molar-refractivity contribution is 9.10. The van der Waals surface area contributed by atoms with E-state index >= 15 is 0 Å². The summed E-state index contributed by atoms with van der Waals surface area (Å²) in [6.07, 6.45) is -4.82. The van der Waals surface area contributed by atoms with Gasteiger partial charge in [0, 0.05) is 4.47 Å². The molecule has 1 atom stereocenters. The summed E-state index contributed by atoms with van der Waals surface area (Å²) in [5.41, 5.74) is 2.38. The summed E-state index contributed by atoms with van der Waals surface area (Å²) < 4.78 is 73.5. The van der Waals surface area contributed by atoms with Crippen molar-refractivity contribution in [3.05, 3.63) is 57.1 Å². The highest BCUT2D eigenvalue weighted by Gasteiger charge is 2.43. The first-order valence-electron chi connectivity index (χ1n) is 8.37. The maximum Gasteiger partial charge on any atom is 0.408 e. The number of alkyl halides is 3. The molecule has 0 amide bonds. The van der Waals surface area contributed by atoms with E-state index in [1.807, 2.05) is 0 Å². The van der Waals surface area contributed by atoms with Gasteiger partial charge in [-0.3, -0.25) is 0 Å². The second-order valence-corrected chi connectivity index (χ2v) is 9.17. The van der Waals surface area contributed by atoms with Crippen molar-refractivity contribution in [3.63, 3.8) is 0 Å². The molecule has 1 unspecified atom stereocenters. The minimum atomic E-state index is -4.82. The Hall–Kier alpha value is -1.58. The summed E-state index contributed by atoms with van der Waals surface area (Å²) >= 11 is 3.30. The first-order chi connectivity index (χ1) is 12.8. The van der Waals surface area contributed by atoms with Crippen LogP contribution in [0.5, 0.6) is 5.75 Å². The summed E-state index contributed by atoms with van der Waals surface area (Å²) in [6, 6.07) is 5.57. The fraction of sp³-hybridized carbons (Fsp3) is 0.368. The van der Waals surface area contributed by atoms with Crippen molar-refractivity contribution in [2.45, 2.75) is 44.8 Å². The van der Waals surface area contributed by atoms with Crippen LogP contribution in [-0.2, 0) is 10.0 Å². The maximum atomic E-state index is 13.5. The molecule has 9 heteroatoms. The molecule has 0 heterocycles. The molecule has 0 fully saturated rings. The third-order valence-electron chi connectivity index (χ3n) is 4.11. The minimum absolute atomic E-state index is 0.146. The number of hydrogen-bond donors (Lipinski definition) is 1. The minimum Gasteiger partial charge on any atom is -0.492 e. The van der Waals surface area contributed by atoms with Crippen molar-refractivity contribution < 1.29 is 26.3 Å². The Bertz CT molecular complexity index is 952. The maximum absolute atomic E-state index is 13.5. The topological polar surface area (TPSA) is 55.4 Å². The zero-order valence-corrected chi connectivity index (χ0v) is 18.2. The van der Waals surface area contributed by atoms with Crippen LogP contribution >= 0.6 is 15.9 Å². The van der Waals surface area contributed by atoms with Crippen molar-refractivity contribution in [3.8, 4) is 5.75 Å². The molecular weight excluding hydrogens is 459 g/mol. The van der Waals surface area contributed by atoms with Crippen LogP contribution in [0.1, 0.15) is 22.3 Å². The van der Waals surface area contributed by atoms with Crippen LogP contribution in [0, 0.1) is 27.7 Å². The van der Waals surface area contributed by atoms with Crippen LogP contribution in [0.3, 0.4) is 0 Å². The van der Waals surface area contributed by atoms with Gasteiger partial charge in [0.15, 0.2) is 6.04 Å². The van der Waals surface area contributed by atoms with Gasteiger partial charge in [-0.2, -0.15) is 17.9 Å². The summed E-state index contributed by atoms with van der Waals surface area (Å²) in [5.74, 6) is 0.219. The Morgan fingerprint density at radius 2 is 1.61 bits per heavy atom. The van der Waals surface area contributed by atoms with E-state index in [0.29, 0.717) is 11.1 Å². The second-order valence-electron chi connectivity index (χ2n) is 6.67. The van der Waals surface area contributed by atoms with Gasteiger partial charge in [0.2, 0.25) is 10.0 Å². The van der Waals surface area contributed by atoms with Gasteiger partial charge in [-0.1, -0.05) is 33.6 Å². The van der Waals surface area contributed by atoms with Crippen molar-refractivity contribution in [1.82, 2.24) is 4.72 Å². The van der Waals surface area contributed by atoms with Crippen molar-refractivity contribution in [1.29, 1.82) is 0 Å². The van der Waals surface area contributed by atoms with Gasteiger partial charge in [-0.05, 0) is 62.6 Å². The van der Waals surface area contributed by atoms with Crippen molar-refractivity contribution >= 4 is 26.0 Å². The van der Waals surface area contributed by atoms with Crippen molar-refractivity contribution in [2.24, 2.45) is 0 Å². The van der Waals surface area contributed by atoms with Crippen LogP contribution < -0.4 is 9.46 Å². The van der Waals surface area contributed by atoms with E-state index in [1.165, 1.54) is 6.07 Å². The highest BCUT2D eigenvalue weighted by atomic mass is 79.9. The van der Waals surface area contributed by atoms with E-state index in [-0.39, 0.29) is 10.6 Å². The van der Waals surface area contributed by atoms with Gasteiger partial charge in [0.1, 0.15) is 12.4 Å². The molecule has 2 aromatic rings. The lowest BCUT2D eigenvalue weighted by molar-refractivity contribution is -0.157. The summed E-state index contributed by atoms with van der Waals surface area (Å²) in [5, 5.41) is 0. The molecule has 0 radical (unpaired) electrons. The van der Waals surface area contributed by atoms with Crippen LogP contribution in [0.15, 0.2) is 39.7 Å². The van der Waals surface area contributed by atoms with Gasteiger partial charge in [-0.15, -0.1) is 0 Å². The Labute approximate surface area is 171 Å². The van der Waals surface area contributed by atoms with Gasteiger partial charge < -0.3 is 4.74 Å². The van der Waals surface area contributed by atoms with Crippen LogP contribution in [0.4, 0.5) is 13.2 Å². The first-order valence-corrected chi connectivity index (χ1v) is 10.6. The lowest BCUT2D eigenvalue weighted by atomic mass is 10.1. The van der Waals surface area contributed by atoms with E-state index in [1.54, 1.807) is 56.7 Å². The molecule has 1 N–H and O–H groups in total. The van der Waals surface area contributed by atoms with Gasteiger partial charge in [-0.25, -0.2) is 8.42 Å². The molecule has 4 nitrogen and oxygen atoms in total. The number of hydrogen-bond acceptors (Lipinski definition) is 3. The molecule has 28 heavy (non-hydrogen) atoms. The molecule has 0 aromatic heterocycles. The lowest BCUT2D eigenvalue weighted by Gasteiger charge is -2.23. The summed E-state index contributed by atoms with van der Waals surface area (Å²) in [7, 11) is -4.40. The molecule has 0 aliphatic heterocycles. The fourth-order valence-corrected chi connectivity index (χ4v) is 4.83. The number of rotatable bonds is 6. The number of halogens is 4. The third-order valence-corrected chi connectivity index (χ3v) is 6.78. The number of benzene rings is 2. The number of ether oxygens (including phenoxy) is 1. The predicted molar refractivity (Wildman–Crippen MR) is 105 cm³/mol. The Kier molecular flexibility index (Phi) is 6.83. The number of aryl methyl sites for hydroxylation is 4. The molecule has 0 aliphatic carbocycles. The number of sulfonamides is 1. The Morgan fingerprint density at radius 3 is 2.11 bits per heavy atom. The SMILES string of the molecule is Cc1cc(C)c(S(=O)(=O)NC(COc2ccc(Br)c(C)c2)C(F)(F)F)c(C)c1. The molecular formula is C19H21BrF3NO3S. The van der Waals surface area contributed by atoms with Gasteiger partial charge in [0.05, 0.1) is 4.90 Å². The van der Waals surface area contributed by atoms with E-state index in [0.717, 1.165) is 15.6 Å². The standard InChI is InChI=1S/C19H21BrF3NO3S/c1-11-7-13(3)18(14(4)8-11)28(25,26)24-17(19(21,22)23)10-27-15-5-6-16(20)12(2)9-15/h5-9,17,24H,10H2,1-4H3. The van der Waals surface area contributed by atoms with Crippen LogP contribution in [0.25, 0.3) is 0 Å². The van der Waals surface area contributed by atoms with Crippen molar-refractivity contribution in [2.75, 3.05) is 6.61 Å². The molecule has 0 bridgehead atoms. The Balaban J connectivity index is 2.28. The Morgan fingerprint density at radius 1 is 1.04 bits per heavy atom. The van der Waals surface area contributed by atoms with E-state index in [4.69, 9.17) is 4.74 Å². The lowest BCUT2D eigenvalue weighted by Crippen LogP contribution is -2.49. The largest absolute Gasteiger partial charge is 0.492 e. The first kappa shape index (κ1) is 22.7. The third kappa shape index (κ3) is 5.48. The van der Waals surface area contributed by atoms with Gasteiger partial charge in [0.25, 0.3) is 0 Å². The van der Waals surface area contributed by atoms with E-state index in [9.17, 15) is 21.6 Å². The molecule has 0 saturated carbocycles. The number of nitrogens with one attached hydrogen (secondary N) is 1. The van der Waals surface area contributed by atoms with Gasteiger partial charge >= 0.3 is 6.18 Å². The molecule has 2 rings (SSSR count). The average molecular weight is 480 g/mol. The molecule has 0 saturated heterocycles. The summed E-state index contributed by atoms with van der Waals surface area (Å²) in [6.45, 7) is 5.78. The van der Waals surface area contributed by atoms with Crippen LogP contribution in [0.2, 0.25) is 0 Å². The molecule has 0 spiro atoms. The monoisotopic (exact) mass is 479 g/mol. The highest BCUT2D eigenvalue weighted by Crippen LogP contribution is 2.27. The fourth-order valence-electron chi connectivity index (χ4n) is 2.92. The second kappa shape index (κ2) is 8.42. The molecule has 0 aliphatic rings.